The molecule has 0 spiro atoms. The summed E-state index contributed by atoms with van der Waals surface area (Å²) in [7, 11) is 0. The van der Waals surface area contributed by atoms with Gasteiger partial charge in [-0.25, -0.2) is 9.90 Å². The number of hydrogen-bond acceptors (Lipinski definition) is 1. The number of rotatable bonds is 3. The first kappa shape index (κ1) is 8.85. The largest absolute Gasteiger partial charge is 0.450 e. The fraction of sp³-hybridized carbons (Fsp3) is 0.750. The topological polar surface area (TPSA) is 49.0 Å². The molecule has 1 radical (unpaired) electrons. The Kier molecular flexibility index (Phi) is 4.62. The molecule has 0 heterocycles. The average molecular weight is 171 g/mol. The third kappa shape index (κ3) is 5.73. The monoisotopic (exact) mass is 170 g/mol. The van der Waals surface area contributed by atoms with Crippen molar-refractivity contribution in [2.75, 3.05) is 12.4 Å². The zero-order chi connectivity index (χ0) is 7.28. The van der Waals surface area contributed by atoms with Gasteiger partial charge in [0.2, 0.25) is 0 Å². The second-order valence-electron chi connectivity index (χ2n) is 1.42. The zero-order valence-corrected chi connectivity index (χ0v) is 6.08. The van der Waals surface area contributed by atoms with Gasteiger partial charge >= 0.3 is 6.09 Å². The van der Waals surface area contributed by atoms with E-state index < -0.39 is 6.09 Å². The Labute approximate surface area is 62.9 Å². The molecule has 1 atom stereocenters. The van der Waals surface area contributed by atoms with Crippen molar-refractivity contribution in [2.45, 2.75) is 5.38 Å². The molecule has 0 aliphatic heterocycles. The van der Waals surface area contributed by atoms with E-state index in [1.165, 1.54) is 0 Å². The normalized spacial score (nSPS) is 12.7. The molecule has 1 unspecified atom stereocenters. The Morgan fingerprint density at radius 3 is 2.56 bits per heavy atom. The van der Waals surface area contributed by atoms with Crippen molar-refractivity contribution in [1.82, 2.24) is 5.32 Å². The highest BCUT2D eigenvalue weighted by atomic mass is 35.5. The van der Waals surface area contributed by atoms with Crippen LogP contribution >= 0.6 is 23.2 Å². The van der Waals surface area contributed by atoms with Gasteiger partial charge in [-0.05, 0) is 0 Å². The summed E-state index contributed by atoms with van der Waals surface area (Å²) in [5, 5.41) is 11.3. The lowest BCUT2D eigenvalue weighted by atomic mass is 10.5. The summed E-state index contributed by atoms with van der Waals surface area (Å²) in [6.45, 7) is 0.132. The van der Waals surface area contributed by atoms with Crippen molar-refractivity contribution in [2.24, 2.45) is 0 Å². The first-order valence-electron chi connectivity index (χ1n) is 2.31. The SMILES string of the molecule is [O]C(=O)NCC(Cl)CCl. The number of hydrogen-bond donors (Lipinski definition) is 1. The Balaban J connectivity index is 3.16. The van der Waals surface area contributed by atoms with Crippen LogP contribution in [-0.4, -0.2) is 23.9 Å². The van der Waals surface area contributed by atoms with E-state index in [0.717, 1.165) is 0 Å². The maximum absolute atomic E-state index is 9.70. The molecule has 0 aliphatic rings. The van der Waals surface area contributed by atoms with Crippen LogP contribution in [0.25, 0.3) is 0 Å². The molecule has 0 bridgehead atoms. The third-order valence-electron chi connectivity index (χ3n) is 0.635. The Hall–Kier alpha value is -0.150. The molecule has 0 aromatic rings. The summed E-state index contributed by atoms with van der Waals surface area (Å²) in [5.41, 5.74) is 0. The van der Waals surface area contributed by atoms with Crippen LogP contribution in [0.2, 0.25) is 0 Å². The lowest BCUT2D eigenvalue weighted by Crippen LogP contribution is -2.28. The van der Waals surface area contributed by atoms with Gasteiger partial charge in [0.15, 0.2) is 0 Å². The number of nitrogens with one attached hydrogen (secondary N) is 1. The Morgan fingerprint density at radius 2 is 2.22 bits per heavy atom. The van der Waals surface area contributed by atoms with Crippen LogP contribution in [0.3, 0.4) is 0 Å². The number of carbonyl (C=O) groups is 1. The van der Waals surface area contributed by atoms with E-state index in [9.17, 15) is 9.90 Å². The molecule has 0 aromatic carbocycles. The predicted molar refractivity (Wildman–Crippen MR) is 34.4 cm³/mol. The minimum atomic E-state index is -1.33. The van der Waals surface area contributed by atoms with Crippen molar-refractivity contribution in [3.05, 3.63) is 0 Å². The predicted octanol–water partition coefficient (Wildman–Crippen LogP) is 0.973. The first-order chi connectivity index (χ1) is 4.16. The minimum Gasteiger partial charge on any atom is -0.317 e. The van der Waals surface area contributed by atoms with Crippen molar-refractivity contribution in [3.63, 3.8) is 0 Å². The Bertz CT molecular complexity index is 98.6. The van der Waals surface area contributed by atoms with E-state index in [1.54, 1.807) is 0 Å². The maximum atomic E-state index is 9.70. The molecule has 0 saturated carbocycles. The zero-order valence-electron chi connectivity index (χ0n) is 4.56. The van der Waals surface area contributed by atoms with Gasteiger partial charge < -0.3 is 5.32 Å². The fourth-order valence-electron chi connectivity index (χ4n) is 0.249. The second kappa shape index (κ2) is 4.70. The third-order valence-corrected chi connectivity index (χ3v) is 1.47. The molecule has 0 aliphatic carbocycles. The number of amides is 1. The highest BCUT2D eigenvalue weighted by molar-refractivity contribution is 6.28. The molecule has 0 saturated heterocycles. The molecule has 0 aromatic heterocycles. The summed E-state index contributed by atoms with van der Waals surface area (Å²) in [6, 6.07) is 0. The molecule has 1 amide bonds. The number of halogens is 2. The van der Waals surface area contributed by atoms with Crippen LogP contribution < -0.4 is 5.32 Å². The van der Waals surface area contributed by atoms with Crippen molar-refractivity contribution in [1.29, 1.82) is 0 Å². The van der Waals surface area contributed by atoms with Gasteiger partial charge in [-0.1, -0.05) is 0 Å². The van der Waals surface area contributed by atoms with Crippen LogP contribution in [0.15, 0.2) is 0 Å². The van der Waals surface area contributed by atoms with Crippen molar-refractivity contribution in [3.8, 4) is 0 Å². The van der Waals surface area contributed by atoms with Crippen molar-refractivity contribution >= 4 is 29.3 Å². The Morgan fingerprint density at radius 1 is 1.67 bits per heavy atom. The second-order valence-corrected chi connectivity index (χ2v) is 2.35. The van der Waals surface area contributed by atoms with Crippen LogP contribution in [0, 0.1) is 0 Å². The van der Waals surface area contributed by atoms with Crippen LogP contribution in [-0.2, 0) is 5.11 Å². The lowest BCUT2D eigenvalue weighted by Gasteiger charge is -2.01. The standard InChI is InChI=1S/C4H6Cl2NO2/c5-1-3(6)2-7-4(8)9/h3,7H,1-2H2. The quantitative estimate of drug-likeness (QED) is 0.632. The molecule has 0 rings (SSSR count). The highest BCUT2D eigenvalue weighted by Gasteiger charge is 2.03. The highest BCUT2D eigenvalue weighted by Crippen LogP contribution is 1.95. The van der Waals surface area contributed by atoms with Gasteiger partial charge in [0.05, 0.1) is 5.38 Å². The number of carbonyl (C=O) groups excluding carboxylic acids is 1. The van der Waals surface area contributed by atoms with E-state index in [2.05, 4.69) is 0 Å². The molecular weight excluding hydrogens is 165 g/mol. The summed E-state index contributed by atoms with van der Waals surface area (Å²) in [5.74, 6) is 0.224. The van der Waals surface area contributed by atoms with E-state index >= 15 is 0 Å². The first-order valence-corrected chi connectivity index (χ1v) is 3.28. The molecular formula is C4H6Cl2NO2. The summed E-state index contributed by atoms with van der Waals surface area (Å²) in [4.78, 5) is 9.70. The fourth-order valence-corrected chi connectivity index (χ4v) is 0.435. The maximum Gasteiger partial charge on any atom is 0.450 e. The lowest BCUT2D eigenvalue weighted by molar-refractivity contribution is 0.169. The molecule has 0 fully saturated rings. The smallest absolute Gasteiger partial charge is 0.317 e. The van der Waals surface area contributed by atoms with Gasteiger partial charge in [-0.3, -0.25) is 0 Å². The summed E-state index contributed by atoms with van der Waals surface area (Å²) in [6.07, 6.45) is -1.33. The van der Waals surface area contributed by atoms with E-state index in [1.807, 2.05) is 5.32 Å². The summed E-state index contributed by atoms with van der Waals surface area (Å²) < 4.78 is 0. The molecule has 5 heteroatoms. The molecule has 1 N–H and O–H groups in total. The minimum absolute atomic E-state index is 0.132. The van der Waals surface area contributed by atoms with Crippen LogP contribution in [0.4, 0.5) is 4.79 Å². The summed E-state index contributed by atoms with van der Waals surface area (Å²) >= 11 is 10.7. The molecule has 9 heavy (non-hydrogen) atoms. The van der Waals surface area contributed by atoms with Gasteiger partial charge in [0.25, 0.3) is 0 Å². The van der Waals surface area contributed by atoms with Crippen LogP contribution in [0.1, 0.15) is 0 Å². The van der Waals surface area contributed by atoms with Crippen molar-refractivity contribution < 1.29 is 9.90 Å². The van der Waals surface area contributed by atoms with Crippen LogP contribution in [0.5, 0.6) is 0 Å². The van der Waals surface area contributed by atoms with E-state index in [0.29, 0.717) is 0 Å². The average Bonchev–Trinajstić information content (AvgIpc) is 1.83. The van der Waals surface area contributed by atoms with E-state index in [-0.39, 0.29) is 17.8 Å². The van der Waals surface area contributed by atoms with E-state index in [4.69, 9.17) is 23.2 Å². The van der Waals surface area contributed by atoms with Gasteiger partial charge in [0.1, 0.15) is 0 Å². The van der Waals surface area contributed by atoms with Gasteiger partial charge in [-0.15, -0.1) is 23.2 Å². The molecule has 3 nitrogen and oxygen atoms in total. The van der Waals surface area contributed by atoms with Gasteiger partial charge in [-0.2, -0.15) is 0 Å². The van der Waals surface area contributed by atoms with Gasteiger partial charge in [0, 0.05) is 12.4 Å². The molecule has 53 valence electrons. The number of alkyl halides is 2.